The summed E-state index contributed by atoms with van der Waals surface area (Å²) < 4.78 is 53.0. The van der Waals surface area contributed by atoms with E-state index in [2.05, 4.69) is 5.32 Å². The van der Waals surface area contributed by atoms with E-state index in [9.17, 15) is 26.8 Å². The van der Waals surface area contributed by atoms with Crippen LogP contribution in [0.4, 0.5) is 14.5 Å². The van der Waals surface area contributed by atoms with E-state index in [1.165, 1.54) is 4.90 Å². The van der Waals surface area contributed by atoms with Crippen LogP contribution in [0.2, 0.25) is 0 Å². The van der Waals surface area contributed by atoms with Gasteiger partial charge in [0.2, 0.25) is 21.8 Å². The minimum absolute atomic E-state index is 0.0601. The summed E-state index contributed by atoms with van der Waals surface area (Å²) in [6, 6.07) is 9.12. The van der Waals surface area contributed by atoms with Gasteiger partial charge < -0.3 is 10.2 Å². The van der Waals surface area contributed by atoms with Crippen molar-refractivity contribution < 1.29 is 26.8 Å². The van der Waals surface area contributed by atoms with Gasteiger partial charge in [0.1, 0.15) is 12.6 Å². The summed E-state index contributed by atoms with van der Waals surface area (Å²) in [5, 5.41) is 2.87. The van der Waals surface area contributed by atoms with Gasteiger partial charge in [-0.3, -0.25) is 13.9 Å². The number of nitrogens with one attached hydrogen (secondary N) is 1. The highest BCUT2D eigenvalue weighted by molar-refractivity contribution is 7.92. The number of benzene rings is 2. The fraction of sp³-hybridized carbons (Fsp3) is 0.440. The minimum Gasteiger partial charge on any atom is -0.350 e. The molecule has 1 N–H and O–H groups in total. The smallest absolute Gasteiger partial charge is 0.244 e. The molecule has 2 aromatic rings. The molecule has 0 fully saturated rings. The Morgan fingerprint density at radius 3 is 2.11 bits per heavy atom. The zero-order chi connectivity index (χ0) is 26.6. The van der Waals surface area contributed by atoms with Gasteiger partial charge in [0.25, 0.3) is 0 Å². The molecule has 1 unspecified atom stereocenters. The van der Waals surface area contributed by atoms with Gasteiger partial charge in [-0.25, -0.2) is 17.2 Å². The van der Waals surface area contributed by atoms with Crippen molar-refractivity contribution in [3.8, 4) is 0 Å². The number of nitrogens with zero attached hydrogens (tertiary/aromatic N) is 2. The van der Waals surface area contributed by atoms with Crippen LogP contribution in [0.15, 0.2) is 42.5 Å². The van der Waals surface area contributed by atoms with Gasteiger partial charge in [0.05, 0.1) is 11.9 Å². The second-order valence-electron chi connectivity index (χ2n) is 9.54. The molecule has 2 rings (SSSR count). The highest BCUT2D eigenvalue weighted by Crippen LogP contribution is 2.22. The van der Waals surface area contributed by atoms with E-state index in [4.69, 9.17) is 0 Å². The predicted molar refractivity (Wildman–Crippen MR) is 132 cm³/mol. The number of halogens is 2. The van der Waals surface area contributed by atoms with Crippen LogP contribution in [-0.2, 0) is 26.2 Å². The van der Waals surface area contributed by atoms with E-state index in [1.807, 2.05) is 52.0 Å². The molecule has 0 saturated carbocycles. The van der Waals surface area contributed by atoms with Crippen LogP contribution >= 0.6 is 0 Å². The first-order chi connectivity index (χ1) is 16.1. The third-order valence-corrected chi connectivity index (χ3v) is 6.37. The highest BCUT2D eigenvalue weighted by Gasteiger charge is 2.33. The van der Waals surface area contributed by atoms with Gasteiger partial charge in [0, 0.05) is 18.2 Å². The van der Waals surface area contributed by atoms with Crippen molar-refractivity contribution in [2.45, 2.75) is 59.2 Å². The molecule has 0 saturated heterocycles. The number of rotatable bonds is 9. The second-order valence-corrected chi connectivity index (χ2v) is 11.4. The Bertz CT molecular complexity index is 1160. The normalized spacial score (nSPS) is 12.7. The van der Waals surface area contributed by atoms with Crippen LogP contribution in [-0.4, -0.2) is 49.5 Å². The summed E-state index contributed by atoms with van der Waals surface area (Å²) in [5.74, 6) is -3.41. The lowest BCUT2D eigenvalue weighted by molar-refractivity contribution is -0.141. The third kappa shape index (κ3) is 8.02. The van der Waals surface area contributed by atoms with E-state index >= 15 is 0 Å². The molecule has 0 aliphatic heterocycles. The Balaban J connectivity index is 2.47. The Hall–Kier alpha value is -3.01. The first-order valence-corrected chi connectivity index (χ1v) is 13.1. The molecular formula is C25H33F2N3O4S. The molecular weight excluding hydrogens is 476 g/mol. The van der Waals surface area contributed by atoms with Crippen molar-refractivity contribution in [3.05, 3.63) is 65.2 Å². The van der Waals surface area contributed by atoms with Gasteiger partial charge >= 0.3 is 0 Å². The zero-order valence-corrected chi connectivity index (χ0v) is 21.7. The molecule has 0 spiro atoms. The fourth-order valence-electron chi connectivity index (χ4n) is 3.52. The van der Waals surface area contributed by atoms with Crippen molar-refractivity contribution >= 4 is 27.5 Å². The molecule has 10 heteroatoms. The largest absolute Gasteiger partial charge is 0.350 e. The first-order valence-electron chi connectivity index (χ1n) is 11.2. The van der Waals surface area contributed by atoms with E-state index in [1.54, 1.807) is 6.92 Å². The maximum atomic E-state index is 13.8. The lowest BCUT2D eigenvalue weighted by Gasteiger charge is -2.34. The molecule has 2 amide bonds. The van der Waals surface area contributed by atoms with Gasteiger partial charge in [-0.15, -0.1) is 0 Å². The van der Waals surface area contributed by atoms with Crippen LogP contribution in [0.25, 0.3) is 0 Å². The summed E-state index contributed by atoms with van der Waals surface area (Å²) in [5.41, 5.74) is 1.03. The first kappa shape index (κ1) is 28.2. The lowest BCUT2D eigenvalue weighted by Crippen LogP contribution is -2.55. The van der Waals surface area contributed by atoms with Crippen molar-refractivity contribution in [2.24, 2.45) is 0 Å². The monoisotopic (exact) mass is 509 g/mol. The molecule has 0 bridgehead atoms. The van der Waals surface area contributed by atoms with Crippen LogP contribution in [0.1, 0.15) is 45.2 Å². The second kappa shape index (κ2) is 11.2. The maximum Gasteiger partial charge on any atom is 0.244 e. The van der Waals surface area contributed by atoms with Crippen LogP contribution in [0, 0.1) is 18.6 Å². The molecule has 1 atom stereocenters. The van der Waals surface area contributed by atoms with Crippen molar-refractivity contribution in [3.63, 3.8) is 0 Å². The summed E-state index contributed by atoms with van der Waals surface area (Å²) >= 11 is 0. The zero-order valence-electron chi connectivity index (χ0n) is 20.9. The Labute approximate surface area is 206 Å². The summed E-state index contributed by atoms with van der Waals surface area (Å²) in [7, 11) is -4.04. The molecule has 0 radical (unpaired) electrons. The summed E-state index contributed by atoms with van der Waals surface area (Å²) in [6.07, 6.45) is 1.15. The number of anilines is 1. The molecule has 0 heterocycles. The number of aryl methyl sites for hydroxylation is 1. The predicted octanol–water partition coefficient (Wildman–Crippen LogP) is 3.76. The molecule has 0 aliphatic rings. The number of carbonyl (C=O) groups is 2. The molecule has 2 aromatic carbocycles. The average molecular weight is 510 g/mol. The van der Waals surface area contributed by atoms with Gasteiger partial charge in [0.15, 0.2) is 11.6 Å². The minimum atomic E-state index is -4.04. The highest BCUT2D eigenvalue weighted by atomic mass is 32.2. The fourth-order valence-corrected chi connectivity index (χ4v) is 4.36. The Kier molecular flexibility index (Phi) is 9.00. The SMILES string of the molecule is CCC(C(=O)NC(C)(C)C)N(Cc1ccc(C)cc1)C(=O)CN(c1ccc(F)c(F)c1)S(C)(=O)=O. The molecule has 0 aromatic heterocycles. The number of carbonyl (C=O) groups excluding carboxylic acids is 2. The van der Waals surface area contributed by atoms with E-state index in [-0.39, 0.29) is 24.6 Å². The number of hydrogen-bond acceptors (Lipinski definition) is 4. The standard InChI is InChI=1S/C25H33F2N3O4S/c1-7-22(24(32)28-25(3,4)5)29(15-18-10-8-17(2)9-11-18)23(31)16-30(35(6,33)34)19-12-13-20(26)21(27)14-19/h8-14,22H,7,15-16H2,1-6H3,(H,28,32). The van der Waals surface area contributed by atoms with Crippen molar-refractivity contribution in [2.75, 3.05) is 17.1 Å². The summed E-state index contributed by atoms with van der Waals surface area (Å²) in [4.78, 5) is 27.9. The Morgan fingerprint density at radius 1 is 1.03 bits per heavy atom. The molecule has 35 heavy (non-hydrogen) atoms. The van der Waals surface area contributed by atoms with E-state index < -0.39 is 45.7 Å². The number of sulfonamides is 1. The van der Waals surface area contributed by atoms with Crippen LogP contribution in [0.5, 0.6) is 0 Å². The topological polar surface area (TPSA) is 86.8 Å². The van der Waals surface area contributed by atoms with Gasteiger partial charge in [-0.2, -0.15) is 0 Å². The number of amides is 2. The van der Waals surface area contributed by atoms with Crippen LogP contribution in [0.3, 0.4) is 0 Å². The third-order valence-electron chi connectivity index (χ3n) is 5.23. The van der Waals surface area contributed by atoms with Gasteiger partial charge in [-0.05, 0) is 51.8 Å². The molecule has 192 valence electrons. The molecule has 0 aliphatic carbocycles. The van der Waals surface area contributed by atoms with Gasteiger partial charge in [-0.1, -0.05) is 36.8 Å². The lowest BCUT2D eigenvalue weighted by atomic mass is 10.1. The van der Waals surface area contributed by atoms with E-state index in [0.717, 1.165) is 35.6 Å². The van der Waals surface area contributed by atoms with E-state index in [0.29, 0.717) is 4.31 Å². The summed E-state index contributed by atoms with van der Waals surface area (Å²) in [6.45, 7) is 8.50. The van der Waals surface area contributed by atoms with Crippen LogP contribution < -0.4 is 9.62 Å². The Morgan fingerprint density at radius 2 is 1.63 bits per heavy atom. The maximum absolute atomic E-state index is 13.8. The van der Waals surface area contributed by atoms with Crippen molar-refractivity contribution in [1.29, 1.82) is 0 Å². The number of hydrogen-bond donors (Lipinski definition) is 1. The van der Waals surface area contributed by atoms with Crippen molar-refractivity contribution in [1.82, 2.24) is 10.2 Å². The average Bonchev–Trinajstić information content (AvgIpc) is 2.73. The molecule has 7 nitrogen and oxygen atoms in total. The quantitative estimate of drug-likeness (QED) is 0.558.